The van der Waals surface area contributed by atoms with Crippen molar-refractivity contribution in [2.45, 2.75) is 29.5 Å². The fourth-order valence-electron chi connectivity index (χ4n) is 1.62. The van der Waals surface area contributed by atoms with Crippen LogP contribution in [0.3, 0.4) is 0 Å². The van der Waals surface area contributed by atoms with Crippen molar-refractivity contribution in [2.75, 3.05) is 5.75 Å². The van der Waals surface area contributed by atoms with Crippen molar-refractivity contribution in [3.8, 4) is 0 Å². The van der Waals surface area contributed by atoms with Crippen molar-refractivity contribution in [1.82, 2.24) is 0 Å². The largest absolute Gasteiger partial charge is 0.416 e. The maximum Gasteiger partial charge on any atom is 0.416 e. The van der Waals surface area contributed by atoms with Crippen molar-refractivity contribution in [3.05, 3.63) is 29.8 Å². The summed E-state index contributed by atoms with van der Waals surface area (Å²) in [6.45, 7) is 0. The van der Waals surface area contributed by atoms with E-state index in [-0.39, 0.29) is 23.1 Å². The first-order valence-electron chi connectivity index (χ1n) is 5.31. The van der Waals surface area contributed by atoms with E-state index in [9.17, 15) is 21.6 Å². The van der Waals surface area contributed by atoms with Gasteiger partial charge in [-0.15, -0.1) is 12.4 Å². The van der Waals surface area contributed by atoms with Gasteiger partial charge in [0.05, 0.1) is 16.2 Å². The third kappa shape index (κ3) is 3.84. The zero-order chi connectivity index (χ0) is 13.6. The number of alkyl halides is 3. The number of hydrogen-bond acceptors (Lipinski definition) is 3. The van der Waals surface area contributed by atoms with Crippen LogP contribution in [0.25, 0.3) is 0 Å². The molecule has 3 nitrogen and oxygen atoms in total. The molecule has 1 aromatic carbocycles. The van der Waals surface area contributed by atoms with E-state index in [2.05, 4.69) is 0 Å². The molecular weight excluding hydrogens is 303 g/mol. The summed E-state index contributed by atoms with van der Waals surface area (Å²) < 4.78 is 60.8. The zero-order valence-electron chi connectivity index (χ0n) is 9.77. The highest BCUT2D eigenvalue weighted by Crippen LogP contribution is 2.35. The van der Waals surface area contributed by atoms with Gasteiger partial charge in [-0.3, -0.25) is 0 Å². The maximum absolute atomic E-state index is 12.3. The van der Waals surface area contributed by atoms with Gasteiger partial charge in [-0.25, -0.2) is 8.42 Å². The fourth-order valence-corrected chi connectivity index (χ4v) is 3.38. The Morgan fingerprint density at radius 1 is 1.16 bits per heavy atom. The van der Waals surface area contributed by atoms with Crippen molar-refractivity contribution in [1.29, 1.82) is 0 Å². The molecule has 0 atom stereocenters. The Kier molecular flexibility index (Phi) is 4.24. The summed E-state index contributed by atoms with van der Waals surface area (Å²) in [6, 6.07) is 3.49. The lowest BCUT2D eigenvalue weighted by Gasteiger charge is -2.11. The molecule has 1 fully saturated rings. The molecule has 108 valence electrons. The van der Waals surface area contributed by atoms with Gasteiger partial charge in [-0.05, 0) is 37.1 Å². The van der Waals surface area contributed by atoms with E-state index in [0.717, 1.165) is 24.3 Å². The molecule has 0 heterocycles. The van der Waals surface area contributed by atoms with Crippen LogP contribution in [0.1, 0.15) is 18.4 Å². The molecule has 1 aliphatic rings. The number of halogens is 4. The van der Waals surface area contributed by atoms with Gasteiger partial charge in [0.2, 0.25) is 0 Å². The van der Waals surface area contributed by atoms with E-state index in [1.54, 1.807) is 0 Å². The fraction of sp³-hybridized carbons (Fsp3) is 0.455. The second kappa shape index (κ2) is 4.96. The lowest BCUT2D eigenvalue weighted by atomic mass is 10.2. The summed E-state index contributed by atoms with van der Waals surface area (Å²) in [5, 5.41) is 0. The lowest BCUT2D eigenvalue weighted by Crippen LogP contribution is -2.31. The van der Waals surface area contributed by atoms with Gasteiger partial charge in [0.25, 0.3) is 0 Å². The first-order chi connectivity index (χ1) is 8.12. The third-order valence-corrected chi connectivity index (χ3v) is 4.86. The second-order valence-electron chi connectivity index (χ2n) is 4.64. The molecule has 0 spiro atoms. The Morgan fingerprint density at radius 3 is 2.00 bits per heavy atom. The highest BCUT2D eigenvalue weighted by atomic mass is 35.5. The summed E-state index contributed by atoms with van der Waals surface area (Å²) in [7, 11) is -3.61. The summed E-state index contributed by atoms with van der Waals surface area (Å²) in [5.41, 5.74) is 4.15. The smallest absolute Gasteiger partial charge is 0.324 e. The molecular formula is C11H13ClF3NO2S. The molecule has 19 heavy (non-hydrogen) atoms. The number of benzene rings is 1. The van der Waals surface area contributed by atoms with Crippen LogP contribution in [-0.2, 0) is 16.0 Å². The van der Waals surface area contributed by atoms with Crippen molar-refractivity contribution < 1.29 is 21.6 Å². The summed E-state index contributed by atoms with van der Waals surface area (Å²) in [5.74, 6) is -0.217. The first kappa shape index (κ1) is 16.3. The molecule has 2 rings (SSSR count). The van der Waals surface area contributed by atoms with E-state index in [0.29, 0.717) is 12.8 Å². The summed E-state index contributed by atoms with van der Waals surface area (Å²) in [6.07, 6.45) is -3.20. The Bertz CT molecular complexity index is 550. The first-order valence-corrected chi connectivity index (χ1v) is 6.97. The molecule has 0 saturated heterocycles. The van der Waals surface area contributed by atoms with Crippen molar-refractivity contribution in [3.63, 3.8) is 0 Å². The molecule has 1 aliphatic carbocycles. The van der Waals surface area contributed by atoms with E-state index in [4.69, 9.17) is 5.73 Å². The SMILES string of the molecule is Cl.NC1(CS(=O)(=O)c2ccc(C(F)(F)F)cc2)CC1. The van der Waals surface area contributed by atoms with Crippen LogP contribution < -0.4 is 5.73 Å². The van der Waals surface area contributed by atoms with Crippen LogP contribution in [0.5, 0.6) is 0 Å². The monoisotopic (exact) mass is 315 g/mol. The van der Waals surface area contributed by atoms with Crippen LogP contribution in [0, 0.1) is 0 Å². The minimum Gasteiger partial charge on any atom is -0.324 e. The van der Waals surface area contributed by atoms with E-state index >= 15 is 0 Å². The van der Waals surface area contributed by atoms with Gasteiger partial charge < -0.3 is 5.73 Å². The molecule has 0 amide bonds. The van der Waals surface area contributed by atoms with Crippen LogP contribution in [-0.4, -0.2) is 19.7 Å². The number of rotatable bonds is 3. The van der Waals surface area contributed by atoms with Gasteiger partial charge in [0.15, 0.2) is 9.84 Å². The standard InChI is InChI=1S/C11H12F3NO2S.ClH/c12-11(13,14)8-1-3-9(4-2-8)18(16,17)7-10(15)5-6-10;/h1-4H,5-7,15H2;1H. The highest BCUT2D eigenvalue weighted by Gasteiger charge is 2.42. The molecule has 1 saturated carbocycles. The Balaban J connectivity index is 0.00000180. The third-order valence-electron chi connectivity index (χ3n) is 2.91. The van der Waals surface area contributed by atoms with Gasteiger partial charge in [0.1, 0.15) is 0 Å². The minimum atomic E-state index is -4.46. The molecule has 0 bridgehead atoms. The average Bonchev–Trinajstić information content (AvgIpc) is 2.94. The lowest BCUT2D eigenvalue weighted by molar-refractivity contribution is -0.137. The Labute approximate surface area is 115 Å². The van der Waals surface area contributed by atoms with Crippen LogP contribution >= 0.6 is 12.4 Å². The van der Waals surface area contributed by atoms with Gasteiger partial charge in [-0.2, -0.15) is 13.2 Å². The number of nitrogens with two attached hydrogens (primary N) is 1. The van der Waals surface area contributed by atoms with Crippen molar-refractivity contribution >= 4 is 22.2 Å². The van der Waals surface area contributed by atoms with Gasteiger partial charge >= 0.3 is 6.18 Å². The van der Waals surface area contributed by atoms with Crippen LogP contribution in [0.2, 0.25) is 0 Å². The maximum atomic E-state index is 12.3. The van der Waals surface area contributed by atoms with Gasteiger partial charge in [0, 0.05) is 5.54 Å². The minimum absolute atomic E-state index is 0. The van der Waals surface area contributed by atoms with Gasteiger partial charge in [-0.1, -0.05) is 0 Å². The molecule has 0 aromatic heterocycles. The molecule has 0 unspecified atom stereocenters. The zero-order valence-corrected chi connectivity index (χ0v) is 11.4. The topological polar surface area (TPSA) is 60.2 Å². The summed E-state index contributed by atoms with van der Waals surface area (Å²) in [4.78, 5) is -0.118. The average molecular weight is 316 g/mol. The predicted octanol–water partition coefficient (Wildman–Crippen LogP) is 2.39. The quantitative estimate of drug-likeness (QED) is 0.931. The Morgan fingerprint density at radius 2 is 1.63 bits per heavy atom. The normalized spacial score (nSPS) is 17.7. The molecule has 0 aliphatic heterocycles. The van der Waals surface area contributed by atoms with Crippen LogP contribution in [0.4, 0.5) is 13.2 Å². The number of hydrogen-bond donors (Lipinski definition) is 1. The van der Waals surface area contributed by atoms with E-state index in [1.807, 2.05) is 0 Å². The predicted molar refractivity (Wildman–Crippen MR) is 66.9 cm³/mol. The molecule has 8 heteroatoms. The molecule has 0 radical (unpaired) electrons. The summed E-state index contributed by atoms with van der Waals surface area (Å²) >= 11 is 0. The second-order valence-corrected chi connectivity index (χ2v) is 6.63. The number of sulfone groups is 1. The molecule has 2 N–H and O–H groups in total. The molecule has 1 aromatic rings. The highest BCUT2D eigenvalue weighted by molar-refractivity contribution is 7.91. The van der Waals surface area contributed by atoms with E-state index in [1.165, 1.54) is 0 Å². The van der Waals surface area contributed by atoms with E-state index < -0.39 is 27.1 Å². The van der Waals surface area contributed by atoms with Crippen molar-refractivity contribution in [2.24, 2.45) is 5.73 Å². The van der Waals surface area contributed by atoms with Crippen LogP contribution in [0.15, 0.2) is 29.2 Å². The Hall–Kier alpha value is -0.790.